The van der Waals surface area contributed by atoms with Crippen LogP contribution >= 0.6 is 0 Å². The Kier molecular flexibility index (Phi) is 4.17. The van der Waals surface area contributed by atoms with Gasteiger partial charge in [0.1, 0.15) is 0 Å². The molecule has 2 N–H and O–H groups in total. The predicted molar refractivity (Wildman–Crippen MR) is 66.2 cm³/mol. The van der Waals surface area contributed by atoms with E-state index >= 15 is 0 Å². The molecule has 0 aromatic carbocycles. The van der Waals surface area contributed by atoms with E-state index < -0.39 is 0 Å². The zero-order valence-corrected chi connectivity index (χ0v) is 10.1. The molecule has 16 heavy (non-hydrogen) atoms. The smallest absolute Gasteiger partial charge is 0.0535 e. The van der Waals surface area contributed by atoms with E-state index in [9.17, 15) is 0 Å². The van der Waals surface area contributed by atoms with Gasteiger partial charge in [-0.3, -0.25) is 5.10 Å². The zero-order valence-electron chi connectivity index (χ0n) is 10.1. The van der Waals surface area contributed by atoms with Gasteiger partial charge in [-0.05, 0) is 45.6 Å². The molecule has 3 heteroatoms. The minimum absolute atomic E-state index is 0.926. The third kappa shape index (κ3) is 3.20. The highest BCUT2D eigenvalue weighted by Crippen LogP contribution is 2.19. The van der Waals surface area contributed by atoms with Gasteiger partial charge in [0.25, 0.3) is 0 Å². The third-order valence-corrected chi connectivity index (χ3v) is 3.26. The number of hydrogen-bond donors (Lipinski definition) is 2. The molecule has 1 aromatic heterocycles. The molecule has 0 atom stereocenters. The average Bonchev–Trinajstić information content (AvgIpc) is 2.72. The molecule has 0 amide bonds. The van der Waals surface area contributed by atoms with Crippen molar-refractivity contribution in [3.05, 3.63) is 29.1 Å². The fraction of sp³-hybridized carbons (Fsp3) is 0.615. The van der Waals surface area contributed by atoms with Crippen molar-refractivity contribution < 1.29 is 0 Å². The van der Waals surface area contributed by atoms with Crippen molar-refractivity contribution in [3.63, 3.8) is 0 Å². The standard InChI is InChI=1S/C13H21N3/c1-11-13(10-15-16-11)9-14-8-7-12-5-3-2-4-6-12/h5,10,14H,2-4,6-9H2,1H3,(H,15,16). The molecule has 1 aliphatic rings. The van der Waals surface area contributed by atoms with E-state index in [1.807, 2.05) is 6.20 Å². The fourth-order valence-corrected chi connectivity index (χ4v) is 2.16. The topological polar surface area (TPSA) is 40.7 Å². The first-order valence-corrected chi connectivity index (χ1v) is 6.24. The quantitative estimate of drug-likeness (QED) is 0.590. The first-order chi connectivity index (χ1) is 7.86. The summed E-state index contributed by atoms with van der Waals surface area (Å²) in [6.07, 6.45) is 10.9. The van der Waals surface area contributed by atoms with Crippen molar-refractivity contribution in [3.8, 4) is 0 Å². The molecule has 0 spiro atoms. The summed E-state index contributed by atoms with van der Waals surface area (Å²) in [5.74, 6) is 0. The van der Waals surface area contributed by atoms with Crippen LogP contribution in [0.5, 0.6) is 0 Å². The van der Waals surface area contributed by atoms with Crippen molar-refractivity contribution >= 4 is 0 Å². The molecule has 1 aliphatic carbocycles. The van der Waals surface area contributed by atoms with Crippen molar-refractivity contribution in [2.24, 2.45) is 0 Å². The van der Waals surface area contributed by atoms with Crippen molar-refractivity contribution in [2.75, 3.05) is 6.54 Å². The Labute approximate surface area is 97.3 Å². The first-order valence-electron chi connectivity index (χ1n) is 6.24. The lowest BCUT2D eigenvalue weighted by atomic mass is 9.97. The minimum Gasteiger partial charge on any atom is -0.312 e. The largest absolute Gasteiger partial charge is 0.312 e. The lowest BCUT2D eigenvalue weighted by Gasteiger charge is -2.12. The first kappa shape index (κ1) is 11.4. The van der Waals surface area contributed by atoms with E-state index in [1.165, 1.54) is 43.4 Å². The maximum Gasteiger partial charge on any atom is 0.0535 e. The van der Waals surface area contributed by atoms with E-state index in [4.69, 9.17) is 0 Å². The Morgan fingerprint density at radius 1 is 1.44 bits per heavy atom. The van der Waals surface area contributed by atoms with Crippen LogP contribution < -0.4 is 5.32 Å². The SMILES string of the molecule is Cc1[nH]ncc1CNCCC1=CCCCC1. The summed E-state index contributed by atoms with van der Waals surface area (Å²) in [6, 6.07) is 0. The fourth-order valence-electron chi connectivity index (χ4n) is 2.16. The number of hydrogen-bond acceptors (Lipinski definition) is 2. The van der Waals surface area contributed by atoms with Gasteiger partial charge in [-0.25, -0.2) is 0 Å². The predicted octanol–water partition coefficient (Wildman–Crippen LogP) is 2.70. The maximum absolute atomic E-state index is 4.01. The molecule has 3 nitrogen and oxygen atoms in total. The van der Waals surface area contributed by atoms with Gasteiger partial charge in [0.15, 0.2) is 0 Å². The highest BCUT2D eigenvalue weighted by molar-refractivity contribution is 5.13. The van der Waals surface area contributed by atoms with Gasteiger partial charge in [0.2, 0.25) is 0 Å². The molecule has 1 heterocycles. The number of aryl methyl sites for hydroxylation is 1. The highest BCUT2D eigenvalue weighted by Gasteiger charge is 2.03. The molecular formula is C13H21N3. The Balaban J connectivity index is 1.65. The van der Waals surface area contributed by atoms with E-state index in [2.05, 4.69) is 28.5 Å². The van der Waals surface area contributed by atoms with Crippen LogP contribution in [0.4, 0.5) is 0 Å². The Morgan fingerprint density at radius 3 is 3.06 bits per heavy atom. The maximum atomic E-state index is 4.01. The Morgan fingerprint density at radius 2 is 2.38 bits per heavy atom. The van der Waals surface area contributed by atoms with Gasteiger partial charge in [0.05, 0.1) is 6.20 Å². The van der Waals surface area contributed by atoms with Crippen LogP contribution in [0.25, 0.3) is 0 Å². The van der Waals surface area contributed by atoms with Gasteiger partial charge >= 0.3 is 0 Å². The van der Waals surface area contributed by atoms with Crippen LogP contribution in [0.3, 0.4) is 0 Å². The van der Waals surface area contributed by atoms with Crippen LogP contribution in [0.1, 0.15) is 43.4 Å². The van der Waals surface area contributed by atoms with E-state index in [0.29, 0.717) is 0 Å². The van der Waals surface area contributed by atoms with Gasteiger partial charge in [-0.15, -0.1) is 0 Å². The lowest BCUT2D eigenvalue weighted by Crippen LogP contribution is -2.15. The molecule has 0 aliphatic heterocycles. The highest BCUT2D eigenvalue weighted by atomic mass is 15.1. The summed E-state index contributed by atoms with van der Waals surface area (Å²) in [6.45, 7) is 4.07. The second-order valence-corrected chi connectivity index (χ2v) is 4.56. The normalized spacial score (nSPS) is 16.2. The third-order valence-electron chi connectivity index (χ3n) is 3.26. The summed E-state index contributed by atoms with van der Waals surface area (Å²) in [4.78, 5) is 0. The van der Waals surface area contributed by atoms with Crippen LogP contribution in [-0.2, 0) is 6.54 Å². The molecule has 0 fully saturated rings. The number of rotatable bonds is 5. The monoisotopic (exact) mass is 219 g/mol. The van der Waals surface area contributed by atoms with Gasteiger partial charge in [-0.2, -0.15) is 5.10 Å². The van der Waals surface area contributed by atoms with E-state index in [-0.39, 0.29) is 0 Å². The van der Waals surface area contributed by atoms with E-state index in [1.54, 1.807) is 5.57 Å². The number of nitrogens with zero attached hydrogens (tertiary/aromatic N) is 1. The van der Waals surface area contributed by atoms with Crippen molar-refractivity contribution in [1.29, 1.82) is 0 Å². The molecule has 88 valence electrons. The molecule has 2 rings (SSSR count). The second-order valence-electron chi connectivity index (χ2n) is 4.56. The van der Waals surface area contributed by atoms with Gasteiger partial charge in [0, 0.05) is 17.8 Å². The van der Waals surface area contributed by atoms with Crippen LogP contribution in [0.15, 0.2) is 17.8 Å². The average molecular weight is 219 g/mol. The van der Waals surface area contributed by atoms with Crippen LogP contribution in [-0.4, -0.2) is 16.7 Å². The number of allylic oxidation sites excluding steroid dienone is 1. The lowest BCUT2D eigenvalue weighted by molar-refractivity contribution is 0.631. The van der Waals surface area contributed by atoms with Gasteiger partial charge in [-0.1, -0.05) is 11.6 Å². The Bertz CT molecular complexity index is 352. The minimum atomic E-state index is 0.926. The summed E-state index contributed by atoms with van der Waals surface area (Å²) in [5, 5.41) is 10.4. The molecule has 0 saturated heterocycles. The summed E-state index contributed by atoms with van der Waals surface area (Å²) in [7, 11) is 0. The molecular weight excluding hydrogens is 198 g/mol. The Hall–Kier alpha value is -1.09. The van der Waals surface area contributed by atoms with E-state index in [0.717, 1.165) is 13.1 Å². The number of H-pyrrole nitrogens is 1. The van der Waals surface area contributed by atoms with Crippen molar-refractivity contribution in [1.82, 2.24) is 15.5 Å². The van der Waals surface area contributed by atoms with Gasteiger partial charge < -0.3 is 5.32 Å². The molecule has 0 radical (unpaired) electrons. The molecule has 0 unspecified atom stereocenters. The molecule has 0 bridgehead atoms. The number of aromatic amines is 1. The number of nitrogens with one attached hydrogen (secondary N) is 2. The summed E-state index contributed by atoms with van der Waals surface area (Å²) < 4.78 is 0. The van der Waals surface area contributed by atoms with Crippen molar-refractivity contribution in [2.45, 2.75) is 45.6 Å². The molecule has 0 saturated carbocycles. The number of aromatic nitrogens is 2. The summed E-state index contributed by atoms with van der Waals surface area (Å²) in [5.41, 5.74) is 4.09. The summed E-state index contributed by atoms with van der Waals surface area (Å²) >= 11 is 0. The van der Waals surface area contributed by atoms with Crippen LogP contribution in [0.2, 0.25) is 0 Å². The second kappa shape index (κ2) is 5.85. The molecule has 1 aromatic rings. The zero-order chi connectivity index (χ0) is 11.2. The van der Waals surface area contributed by atoms with Crippen LogP contribution in [0, 0.1) is 6.92 Å².